The molecule has 6 atom stereocenters. The van der Waals surface area contributed by atoms with E-state index in [-0.39, 0.29) is 30.4 Å². The van der Waals surface area contributed by atoms with E-state index >= 15 is 0 Å². The number of amides is 4. The average molecular weight is 651 g/mol. The van der Waals surface area contributed by atoms with Crippen LogP contribution in [0.5, 0.6) is 5.75 Å². The normalized spacial score (nSPS) is 32.8. The summed E-state index contributed by atoms with van der Waals surface area (Å²) in [7, 11) is 1.34. The maximum Gasteiger partial charge on any atom is 0.253 e. The van der Waals surface area contributed by atoms with E-state index in [1.807, 2.05) is 18.2 Å². The fourth-order valence-corrected chi connectivity index (χ4v) is 9.15. The Balaban J connectivity index is 1.30. The summed E-state index contributed by atoms with van der Waals surface area (Å²) in [6, 6.07) is 12.5. The molecule has 0 aromatic heterocycles. The van der Waals surface area contributed by atoms with Crippen LogP contribution in [0.3, 0.4) is 0 Å². The van der Waals surface area contributed by atoms with Gasteiger partial charge in [0.05, 0.1) is 30.7 Å². The fraction of sp³-hybridized carbons (Fsp3) is 0.412. The molecule has 11 heteroatoms. The first-order chi connectivity index (χ1) is 21.5. The number of para-hydroxylation sites is 1. The Morgan fingerprint density at radius 2 is 1.67 bits per heavy atom. The van der Waals surface area contributed by atoms with Crippen LogP contribution >= 0.6 is 23.2 Å². The van der Waals surface area contributed by atoms with E-state index in [2.05, 4.69) is 11.5 Å². The van der Waals surface area contributed by atoms with Gasteiger partial charge in [0.1, 0.15) is 5.75 Å². The predicted octanol–water partition coefficient (Wildman–Crippen LogP) is 4.15. The topological polar surface area (TPSA) is 107 Å². The number of likely N-dealkylation sites (tertiary alicyclic amines) is 1. The van der Waals surface area contributed by atoms with Gasteiger partial charge in [0, 0.05) is 37.3 Å². The van der Waals surface area contributed by atoms with Crippen LogP contribution in [0.15, 0.2) is 66.8 Å². The molecule has 0 bridgehead atoms. The largest absolute Gasteiger partial charge is 0.507 e. The summed E-state index contributed by atoms with van der Waals surface area (Å²) in [5.74, 6) is -5.27. The lowest BCUT2D eigenvalue weighted by Crippen LogP contribution is -2.60. The quantitative estimate of drug-likeness (QED) is 0.295. The monoisotopic (exact) mass is 649 g/mol. The van der Waals surface area contributed by atoms with Crippen LogP contribution in [0.2, 0.25) is 0 Å². The lowest BCUT2D eigenvalue weighted by Gasteiger charge is -2.50. The highest BCUT2D eigenvalue weighted by atomic mass is 35.5. The van der Waals surface area contributed by atoms with Gasteiger partial charge < -0.3 is 14.7 Å². The number of allylic oxidation sites excluding steroid dienone is 3. The van der Waals surface area contributed by atoms with Crippen molar-refractivity contribution in [2.24, 2.45) is 17.8 Å². The lowest BCUT2D eigenvalue weighted by atomic mass is 9.56. The number of hydrogen-bond acceptors (Lipinski definition) is 7. The van der Waals surface area contributed by atoms with Crippen molar-refractivity contribution in [1.29, 1.82) is 0 Å². The van der Waals surface area contributed by atoms with Crippen molar-refractivity contribution in [2.75, 3.05) is 43.2 Å². The van der Waals surface area contributed by atoms with Crippen molar-refractivity contribution in [3.8, 4) is 5.75 Å². The molecular formula is C34H33Cl2N3O6. The molecule has 3 aliphatic heterocycles. The summed E-state index contributed by atoms with van der Waals surface area (Å²) < 4.78 is 5.45. The summed E-state index contributed by atoms with van der Waals surface area (Å²) >= 11 is 14.5. The number of aromatic hydroxyl groups is 1. The molecular weight excluding hydrogens is 617 g/mol. The van der Waals surface area contributed by atoms with Crippen LogP contribution in [0, 0.1) is 17.8 Å². The van der Waals surface area contributed by atoms with Crippen molar-refractivity contribution in [1.82, 2.24) is 4.90 Å². The van der Waals surface area contributed by atoms with Gasteiger partial charge in [-0.1, -0.05) is 35.9 Å². The number of rotatable bonds is 5. The number of imide groups is 2. The minimum Gasteiger partial charge on any atom is -0.507 e. The van der Waals surface area contributed by atoms with Crippen molar-refractivity contribution < 1.29 is 29.0 Å². The van der Waals surface area contributed by atoms with Gasteiger partial charge in [-0.2, -0.15) is 0 Å². The minimum absolute atomic E-state index is 0.0734. The third-order valence-corrected chi connectivity index (χ3v) is 11.7. The number of hydrogen-bond donors (Lipinski definition) is 1. The molecule has 6 unspecified atom stereocenters. The summed E-state index contributed by atoms with van der Waals surface area (Å²) in [6.45, 7) is 6.56. The number of benzene rings is 2. The standard InChI is InChI=1S/C34H33Cl2N3O6/c1-3-5-19-6-4-7-24(28(19)40)27-22-12-13-23-26(25(22)18-33(35)31(43)37(2)32(44)34(27,33)36)30(42)39(29(23)41)21-10-8-20(9-11-21)38-14-16-45-17-15-38/h3-4,6-12,23,25-27,40H,1,5,13-18H2,2H3. The van der Waals surface area contributed by atoms with Gasteiger partial charge in [-0.15, -0.1) is 29.8 Å². The molecule has 3 heterocycles. The van der Waals surface area contributed by atoms with Gasteiger partial charge in [-0.05, 0) is 55.0 Å². The average Bonchev–Trinajstić information content (AvgIpc) is 3.37. The Kier molecular flexibility index (Phi) is 7.15. The van der Waals surface area contributed by atoms with Crippen LogP contribution in [0.1, 0.15) is 29.9 Å². The van der Waals surface area contributed by atoms with Crippen molar-refractivity contribution >= 4 is 58.2 Å². The molecule has 2 aromatic rings. The van der Waals surface area contributed by atoms with Gasteiger partial charge >= 0.3 is 0 Å². The van der Waals surface area contributed by atoms with Gasteiger partial charge in [-0.25, -0.2) is 0 Å². The first-order valence-corrected chi connectivity index (χ1v) is 15.9. The number of alkyl halides is 2. The van der Waals surface area contributed by atoms with Gasteiger partial charge in [-0.3, -0.25) is 29.0 Å². The van der Waals surface area contributed by atoms with E-state index in [0.717, 1.165) is 23.7 Å². The van der Waals surface area contributed by atoms with Crippen LogP contribution in [0.25, 0.3) is 0 Å². The highest BCUT2D eigenvalue weighted by molar-refractivity contribution is 6.53. The molecule has 234 valence electrons. The highest BCUT2D eigenvalue weighted by Crippen LogP contribution is 2.66. The Hall–Kier alpha value is -3.66. The number of phenols is 1. The molecule has 2 aromatic carbocycles. The number of nitrogens with zero attached hydrogens (tertiary/aromatic N) is 3. The lowest BCUT2D eigenvalue weighted by molar-refractivity contribution is -0.138. The number of morpholine rings is 1. The fourth-order valence-electron chi connectivity index (χ4n) is 8.14. The predicted molar refractivity (Wildman–Crippen MR) is 169 cm³/mol. The number of carbonyl (C=O) groups excluding carboxylic acids is 4. The zero-order valence-corrected chi connectivity index (χ0v) is 26.3. The van der Waals surface area contributed by atoms with E-state index in [1.165, 1.54) is 11.9 Å². The maximum atomic E-state index is 14.3. The van der Waals surface area contributed by atoms with Crippen LogP contribution in [-0.2, 0) is 30.3 Å². The van der Waals surface area contributed by atoms with E-state index < -0.39 is 45.2 Å². The molecule has 1 N–H and O–H groups in total. The zero-order chi connectivity index (χ0) is 31.8. The summed E-state index contributed by atoms with van der Waals surface area (Å²) in [5.41, 5.74) is 3.00. The molecule has 2 aliphatic carbocycles. The van der Waals surface area contributed by atoms with Gasteiger partial charge in [0.2, 0.25) is 11.8 Å². The Bertz CT molecular complexity index is 1670. The maximum absolute atomic E-state index is 14.3. The summed E-state index contributed by atoms with van der Waals surface area (Å²) in [6.07, 6.45) is 4.01. The van der Waals surface area contributed by atoms with E-state index in [9.17, 15) is 24.3 Å². The second kappa shape index (κ2) is 10.7. The molecule has 5 aliphatic rings. The van der Waals surface area contributed by atoms with Crippen LogP contribution < -0.4 is 9.80 Å². The Morgan fingerprint density at radius 1 is 0.978 bits per heavy atom. The molecule has 3 saturated heterocycles. The smallest absolute Gasteiger partial charge is 0.253 e. The molecule has 45 heavy (non-hydrogen) atoms. The SMILES string of the molecule is C=CCc1cccc(C2C3=CCC4C(=O)N(c5ccc(N6CCOCC6)cc5)C(=O)C4C3CC3(Cl)C(=O)N(C)C(=O)C23Cl)c1O. The van der Waals surface area contributed by atoms with Crippen molar-refractivity contribution in [3.63, 3.8) is 0 Å². The van der Waals surface area contributed by atoms with Gasteiger partial charge in [0.15, 0.2) is 9.75 Å². The number of fused-ring (bicyclic) bond motifs is 4. The second-order valence-corrected chi connectivity index (χ2v) is 13.7. The molecule has 4 amide bonds. The molecule has 0 spiro atoms. The zero-order valence-electron chi connectivity index (χ0n) is 24.7. The second-order valence-electron chi connectivity index (χ2n) is 12.5. The molecule has 1 saturated carbocycles. The number of phenolic OH excluding ortho intramolecular Hbond substituents is 1. The van der Waals surface area contributed by atoms with Gasteiger partial charge in [0.25, 0.3) is 11.8 Å². The number of ether oxygens (including phenoxy) is 1. The van der Waals surface area contributed by atoms with E-state index in [1.54, 1.807) is 36.4 Å². The number of anilines is 2. The van der Waals surface area contributed by atoms with E-state index in [4.69, 9.17) is 27.9 Å². The summed E-state index contributed by atoms with van der Waals surface area (Å²) in [5, 5.41) is 11.5. The first kappa shape index (κ1) is 30.0. The first-order valence-electron chi connectivity index (χ1n) is 15.2. The minimum atomic E-state index is -1.96. The molecule has 4 fully saturated rings. The number of halogens is 2. The number of carbonyl (C=O) groups is 4. The third-order valence-electron chi connectivity index (χ3n) is 10.3. The Labute approximate surface area is 271 Å². The molecule has 0 radical (unpaired) electrons. The van der Waals surface area contributed by atoms with Crippen molar-refractivity contribution in [2.45, 2.75) is 34.9 Å². The Morgan fingerprint density at radius 3 is 2.36 bits per heavy atom. The molecule has 7 rings (SSSR count). The summed E-state index contributed by atoms with van der Waals surface area (Å²) in [4.78, 5) is 56.2. The highest BCUT2D eigenvalue weighted by Gasteiger charge is 2.76. The van der Waals surface area contributed by atoms with Crippen molar-refractivity contribution in [3.05, 3.63) is 77.9 Å². The van der Waals surface area contributed by atoms with E-state index in [0.29, 0.717) is 42.0 Å². The van der Waals surface area contributed by atoms with Crippen LogP contribution in [0.4, 0.5) is 11.4 Å². The molecule has 9 nitrogen and oxygen atoms in total. The van der Waals surface area contributed by atoms with Crippen LogP contribution in [-0.4, -0.2) is 76.7 Å². The third kappa shape index (κ3) is 4.09.